The third-order valence-corrected chi connectivity index (χ3v) is 3.51. The third-order valence-electron chi connectivity index (χ3n) is 2.59. The molecule has 0 spiro atoms. The van der Waals surface area contributed by atoms with Gasteiger partial charge in [0.1, 0.15) is 5.82 Å². The number of nitrogens with one attached hydrogen (secondary N) is 1. The summed E-state index contributed by atoms with van der Waals surface area (Å²) in [6.45, 7) is 0. The van der Waals surface area contributed by atoms with Crippen LogP contribution in [0.15, 0.2) is 40.9 Å². The SMILES string of the molecule is O=C(Nc1ccc(F)c(Br)c1)c1ccc([N+](=O)[O-])cc1Cl. The van der Waals surface area contributed by atoms with Crippen LogP contribution in [0, 0.1) is 15.9 Å². The maximum atomic E-state index is 13.1. The first kappa shape index (κ1) is 15.4. The highest BCUT2D eigenvalue weighted by atomic mass is 79.9. The zero-order valence-corrected chi connectivity index (χ0v) is 12.6. The van der Waals surface area contributed by atoms with E-state index in [0.29, 0.717) is 5.69 Å². The molecule has 0 unspecified atom stereocenters. The van der Waals surface area contributed by atoms with Gasteiger partial charge in [-0.2, -0.15) is 0 Å². The first-order chi connectivity index (χ1) is 9.88. The quantitative estimate of drug-likeness (QED) is 0.640. The number of nitrogens with zero attached hydrogens (tertiary/aromatic N) is 1. The second-order valence-corrected chi connectivity index (χ2v) is 5.27. The van der Waals surface area contributed by atoms with E-state index < -0.39 is 16.6 Å². The minimum Gasteiger partial charge on any atom is -0.322 e. The number of nitro groups is 1. The van der Waals surface area contributed by atoms with Crippen LogP contribution < -0.4 is 5.32 Å². The number of hydrogen-bond donors (Lipinski definition) is 1. The Morgan fingerprint density at radius 2 is 2.00 bits per heavy atom. The number of nitro benzene ring substituents is 1. The number of rotatable bonds is 3. The molecule has 21 heavy (non-hydrogen) atoms. The van der Waals surface area contributed by atoms with Crippen LogP contribution in [0.5, 0.6) is 0 Å². The number of benzene rings is 2. The van der Waals surface area contributed by atoms with Gasteiger partial charge in [0.25, 0.3) is 11.6 Å². The second-order valence-electron chi connectivity index (χ2n) is 4.00. The van der Waals surface area contributed by atoms with Crippen LogP contribution in [0.3, 0.4) is 0 Å². The van der Waals surface area contributed by atoms with Crippen LogP contribution in [0.4, 0.5) is 15.8 Å². The molecule has 8 heteroatoms. The number of hydrogen-bond acceptors (Lipinski definition) is 3. The number of halogens is 3. The highest BCUT2D eigenvalue weighted by Crippen LogP contribution is 2.24. The number of anilines is 1. The molecule has 0 aliphatic rings. The first-order valence-corrected chi connectivity index (χ1v) is 6.76. The van der Waals surface area contributed by atoms with Crippen molar-refractivity contribution in [3.8, 4) is 0 Å². The lowest BCUT2D eigenvalue weighted by Crippen LogP contribution is -2.12. The van der Waals surface area contributed by atoms with Gasteiger partial charge in [-0.1, -0.05) is 11.6 Å². The van der Waals surface area contributed by atoms with E-state index in [-0.39, 0.29) is 20.7 Å². The van der Waals surface area contributed by atoms with Crippen molar-refractivity contribution >= 4 is 44.8 Å². The van der Waals surface area contributed by atoms with Crippen molar-refractivity contribution in [2.75, 3.05) is 5.32 Å². The Morgan fingerprint density at radius 3 is 2.57 bits per heavy atom. The Hall–Kier alpha value is -1.99. The monoisotopic (exact) mass is 372 g/mol. The Morgan fingerprint density at radius 1 is 1.29 bits per heavy atom. The lowest BCUT2D eigenvalue weighted by atomic mass is 10.2. The van der Waals surface area contributed by atoms with Crippen molar-refractivity contribution in [3.63, 3.8) is 0 Å². The summed E-state index contributed by atoms with van der Waals surface area (Å²) in [7, 11) is 0. The largest absolute Gasteiger partial charge is 0.322 e. The molecule has 0 bridgehead atoms. The molecule has 0 saturated carbocycles. The smallest absolute Gasteiger partial charge is 0.270 e. The zero-order chi connectivity index (χ0) is 15.6. The summed E-state index contributed by atoms with van der Waals surface area (Å²) in [6, 6.07) is 7.51. The summed E-state index contributed by atoms with van der Waals surface area (Å²) in [5.41, 5.74) is 0.242. The molecule has 5 nitrogen and oxygen atoms in total. The van der Waals surface area contributed by atoms with Gasteiger partial charge in [0.2, 0.25) is 0 Å². The fraction of sp³-hybridized carbons (Fsp3) is 0. The van der Waals surface area contributed by atoms with Crippen molar-refractivity contribution in [3.05, 3.63) is 67.4 Å². The van der Waals surface area contributed by atoms with E-state index in [1.165, 1.54) is 30.3 Å². The molecule has 0 atom stereocenters. The van der Waals surface area contributed by atoms with Crippen LogP contribution in [-0.2, 0) is 0 Å². The number of amides is 1. The van der Waals surface area contributed by atoms with Gasteiger partial charge in [-0.05, 0) is 40.2 Å². The molecule has 0 aliphatic heterocycles. The molecule has 2 aromatic carbocycles. The highest BCUT2D eigenvalue weighted by Gasteiger charge is 2.15. The average Bonchev–Trinajstić information content (AvgIpc) is 2.42. The van der Waals surface area contributed by atoms with Crippen LogP contribution in [0.2, 0.25) is 5.02 Å². The maximum absolute atomic E-state index is 13.1. The lowest BCUT2D eigenvalue weighted by molar-refractivity contribution is -0.384. The number of carbonyl (C=O) groups excluding carboxylic acids is 1. The molecule has 1 N–H and O–H groups in total. The van der Waals surface area contributed by atoms with E-state index in [4.69, 9.17) is 11.6 Å². The zero-order valence-electron chi connectivity index (χ0n) is 10.3. The summed E-state index contributed by atoms with van der Waals surface area (Å²) in [6.07, 6.45) is 0. The molecule has 0 fully saturated rings. The highest BCUT2D eigenvalue weighted by molar-refractivity contribution is 9.10. The van der Waals surface area contributed by atoms with Crippen molar-refractivity contribution in [2.45, 2.75) is 0 Å². The summed E-state index contributed by atoms with van der Waals surface area (Å²) in [5, 5.41) is 13.1. The van der Waals surface area contributed by atoms with Crippen LogP contribution in [0.25, 0.3) is 0 Å². The molecule has 0 radical (unpaired) electrons. The van der Waals surface area contributed by atoms with Gasteiger partial charge in [0.05, 0.1) is 20.0 Å². The van der Waals surface area contributed by atoms with Crippen LogP contribution in [-0.4, -0.2) is 10.8 Å². The summed E-state index contributed by atoms with van der Waals surface area (Å²) in [5.74, 6) is -1.00. The van der Waals surface area contributed by atoms with E-state index in [0.717, 1.165) is 6.07 Å². The van der Waals surface area contributed by atoms with Crippen LogP contribution >= 0.6 is 27.5 Å². The van der Waals surface area contributed by atoms with E-state index in [1.807, 2.05) is 0 Å². The van der Waals surface area contributed by atoms with Crippen molar-refractivity contribution in [2.24, 2.45) is 0 Å². The maximum Gasteiger partial charge on any atom is 0.270 e. The Kier molecular flexibility index (Phi) is 4.54. The van der Waals surface area contributed by atoms with Gasteiger partial charge in [0, 0.05) is 17.8 Å². The predicted octanol–water partition coefficient (Wildman–Crippen LogP) is 4.40. The normalized spacial score (nSPS) is 10.2. The van der Waals surface area contributed by atoms with E-state index in [1.54, 1.807) is 0 Å². The standard InChI is InChI=1S/C13H7BrClFN2O3/c14-10-5-7(1-4-12(10)16)17-13(19)9-3-2-8(18(20)21)6-11(9)15/h1-6H,(H,17,19). The van der Waals surface area contributed by atoms with Gasteiger partial charge in [0.15, 0.2) is 0 Å². The second kappa shape index (κ2) is 6.19. The van der Waals surface area contributed by atoms with Gasteiger partial charge in [-0.3, -0.25) is 14.9 Å². The summed E-state index contributed by atoms with van der Waals surface area (Å²) >= 11 is 8.86. The molecular formula is C13H7BrClFN2O3. The molecule has 2 rings (SSSR count). The molecule has 0 aliphatic carbocycles. The Balaban J connectivity index is 2.24. The summed E-state index contributed by atoms with van der Waals surface area (Å²) in [4.78, 5) is 22.0. The Labute approximate surface area is 132 Å². The molecule has 0 heterocycles. The van der Waals surface area contributed by atoms with Crippen LogP contribution in [0.1, 0.15) is 10.4 Å². The number of non-ortho nitro benzene ring substituents is 1. The van der Waals surface area contributed by atoms with Gasteiger partial charge < -0.3 is 5.32 Å². The van der Waals surface area contributed by atoms with E-state index in [2.05, 4.69) is 21.2 Å². The van der Waals surface area contributed by atoms with Crippen molar-refractivity contribution in [1.29, 1.82) is 0 Å². The fourth-order valence-electron chi connectivity index (χ4n) is 1.57. The predicted molar refractivity (Wildman–Crippen MR) is 80.2 cm³/mol. The summed E-state index contributed by atoms with van der Waals surface area (Å²) < 4.78 is 13.3. The molecular weight excluding hydrogens is 367 g/mol. The third kappa shape index (κ3) is 3.56. The number of carbonyl (C=O) groups is 1. The minimum absolute atomic E-state index is 0.0390. The van der Waals surface area contributed by atoms with Gasteiger partial charge in [-0.25, -0.2) is 4.39 Å². The first-order valence-electron chi connectivity index (χ1n) is 5.59. The average molecular weight is 374 g/mol. The topological polar surface area (TPSA) is 72.2 Å². The Bertz CT molecular complexity index is 739. The lowest BCUT2D eigenvalue weighted by Gasteiger charge is -2.07. The minimum atomic E-state index is -0.606. The molecule has 1 amide bonds. The molecule has 0 saturated heterocycles. The van der Waals surface area contributed by atoms with Gasteiger partial charge >= 0.3 is 0 Å². The van der Waals surface area contributed by atoms with Crippen molar-refractivity contribution in [1.82, 2.24) is 0 Å². The molecule has 2 aromatic rings. The van der Waals surface area contributed by atoms with Crippen molar-refractivity contribution < 1.29 is 14.1 Å². The molecule has 108 valence electrons. The van der Waals surface area contributed by atoms with Gasteiger partial charge in [-0.15, -0.1) is 0 Å². The van der Waals surface area contributed by atoms with E-state index in [9.17, 15) is 19.3 Å². The van der Waals surface area contributed by atoms with E-state index >= 15 is 0 Å². The molecule has 0 aromatic heterocycles. The fourth-order valence-corrected chi connectivity index (χ4v) is 2.21.